The lowest BCUT2D eigenvalue weighted by Gasteiger charge is -2.13. The van der Waals surface area contributed by atoms with Gasteiger partial charge in [-0.3, -0.25) is 4.79 Å². The van der Waals surface area contributed by atoms with E-state index >= 15 is 0 Å². The van der Waals surface area contributed by atoms with Crippen LogP contribution in [0.1, 0.15) is 23.7 Å². The molecule has 0 fully saturated rings. The molecule has 0 saturated heterocycles. The second-order valence-electron chi connectivity index (χ2n) is 4.03. The van der Waals surface area contributed by atoms with Gasteiger partial charge < -0.3 is 15.8 Å². The van der Waals surface area contributed by atoms with Gasteiger partial charge in [0, 0.05) is 21.4 Å². The number of carbonyl (C=O) groups is 2. The van der Waals surface area contributed by atoms with E-state index < -0.39 is 5.97 Å². The van der Waals surface area contributed by atoms with Crippen molar-refractivity contribution in [3.63, 3.8) is 0 Å². The smallest absolute Gasteiger partial charge is 0.340 e. The molecule has 0 aliphatic heterocycles. The van der Waals surface area contributed by atoms with E-state index in [1.54, 1.807) is 19.1 Å². The number of methoxy groups -OCH3 is 1. The Hall–Kier alpha value is -0.920. The Kier molecular flexibility index (Phi) is 5.96. The molecule has 0 aliphatic carbocycles. The fourth-order valence-corrected chi connectivity index (χ4v) is 2.78. The summed E-state index contributed by atoms with van der Waals surface area (Å²) in [5.74, 6) is -0.790. The predicted molar refractivity (Wildman–Crippen MR) is 80.1 cm³/mol. The Morgan fingerprint density at radius 3 is 2.58 bits per heavy atom. The van der Waals surface area contributed by atoms with Crippen LogP contribution >= 0.6 is 31.9 Å². The van der Waals surface area contributed by atoms with E-state index in [0.29, 0.717) is 14.6 Å². The molecule has 0 spiro atoms. The molecule has 19 heavy (non-hydrogen) atoms. The van der Waals surface area contributed by atoms with E-state index in [9.17, 15) is 9.59 Å². The van der Waals surface area contributed by atoms with Crippen molar-refractivity contribution in [3.8, 4) is 0 Å². The van der Waals surface area contributed by atoms with Gasteiger partial charge in [0.25, 0.3) is 0 Å². The molecule has 1 atom stereocenters. The molecular formula is C12H14Br2N2O3. The number of rotatable bonds is 4. The standard InChI is InChI=1S/C12H14Br2N2O3/c1-6(15)3-10(17)16-11-8(12(18)19-2)4-7(13)5-9(11)14/h4-6H,3,15H2,1-2H3,(H,16,17). The Morgan fingerprint density at radius 1 is 1.42 bits per heavy atom. The first-order valence-corrected chi connectivity index (χ1v) is 7.06. The number of halogens is 2. The minimum Gasteiger partial charge on any atom is -0.465 e. The summed E-state index contributed by atoms with van der Waals surface area (Å²) in [6.07, 6.45) is 0.170. The van der Waals surface area contributed by atoms with Crippen LogP contribution in [0.2, 0.25) is 0 Å². The molecule has 0 aliphatic rings. The Bertz CT molecular complexity index is 504. The van der Waals surface area contributed by atoms with Gasteiger partial charge >= 0.3 is 5.97 Å². The van der Waals surface area contributed by atoms with Crippen LogP contribution in [0.3, 0.4) is 0 Å². The molecule has 0 saturated carbocycles. The van der Waals surface area contributed by atoms with E-state index in [2.05, 4.69) is 37.2 Å². The molecule has 7 heteroatoms. The number of anilines is 1. The number of amides is 1. The normalized spacial score (nSPS) is 11.8. The predicted octanol–water partition coefficient (Wildman–Crippen LogP) is 2.67. The molecule has 1 aromatic carbocycles. The van der Waals surface area contributed by atoms with Crippen molar-refractivity contribution in [2.45, 2.75) is 19.4 Å². The number of carbonyl (C=O) groups excluding carboxylic acids is 2. The number of benzene rings is 1. The monoisotopic (exact) mass is 392 g/mol. The van der Waals surface area contributed by atoms with Gasteiger partial charge in [0.15, 0.2) is 0 Å². The van der Waals surface area contributed by atoms with Crippen LogP contribution < -0.4 is 11.1 Å². The lowest BCUT2D eigenvalue weighted by molar-refractivity contribution is -0.116. The molecule has 1 aromatic rings. The fourth-order valence-electron chi connectivity index (χ4n) is 1.45. The van der Waals surface area contributed by atoms with Gasteiger partial charge in [0.2, 0.25) is 5.91 Å². The minimum absolute atomic E-state index is 0.170. The van der Waals surface area contributed by atoms with Gasteiger partial charge in [0.1, 0.15) is 0 Å². The average Bonchev–Trinajstić information content (AvgIpc) is 2.30. The van der Waals surface area contributed by atoms with Crippen LogP contribution in [0.25, 0.3) is 0 Å². The highest BCUT2D eigenvalue weighted by Crippen LogP contribution is 2.31. The molecule has 1 amide bonds. The maximum Gasteiger partial charge on any atom is 0.340 e. The van der Waals surface area contributed by atoms with Gasteiger partial charge in [-0.05, 0) is 35.0 Å². The van der Waals surface area contributed by atoms with Crippen molar-refractivity contribution >= 4 is 49.4 Å². The van der Waals surface area contributed by atoms with Crippen molar-refractivity contribution in [2.24, 2.45) is 5.73 Å². The first kappa shape index (κ1) is 16.1. The summed E-state index contributed by atoms with van der Waals surface area (Å²) in [7, 11) is 1.28. The summed E-state index contributed by atoms with van der Waals surface area (Å²) in [5, 5.41) is 2.67. The molecular weight excluding hydrogens is 380 g/mol. The number of esters is 1. The largest absolute Gasteiger partial charge is 0.465 e. The van der Waals surface area contributed by atoms with Crippen LogP contribution in [0.15, 0.2) is 21.1 Å². The summed E-state index contributed by atoms with van der Waals surface area (Å²) >= 11 is 6.59. The molecule has 5 nitrogen and oxygen atoms in total. The van der Waals surface area contributed by atoms with E-state index in [1.807, 2.05) is 0 Å². The molecule has 104 valence electrons. The van der Waals surface area contributed by atoms with Crippen LogP contribution in [0.4, 0.5) is 5.69 Å². The van der Waals surface area contributed by atoms with Crippen molar-refractivity contribution < 1.29 is 14.3 Å². The number of nitrogens with two attached hydrogens (primary N) is 1. The number of hydrogen-bond donors (Lipinski definition) is 2. The van der Waals surface area contributed by atoms with Crippen molar-refractivity contribution in [3.05, 3.63) is 26.6 Å². The Balaban J connectivity index is 3.11. The lowest BCUT2D eigenvalue weighted by atomic mass is 10.1. The van der Waals surface area contributed by atoms with Gasteiger partial charge in [-0.1, -0.05) is 15.9 Å². The number of ether oxygens (including phenoxy) is 1. The summed E-state index contributed by atoms with van der Waals surface area (Å²) in [6.45, 7) is 1.73. The topological polar surface area (TPSA) is 81.4 Å². The summed E-state index contributed by atoms with van der Waals surface area (Å²) < 4.78 is 5.98. The average molecular weight is 394 g/mol. The van der Waals surface area contributed by atoms with E-state index in [1.165, 1.54) is 7.11 Å². The molecule has 1 unspecified atom stereocenters. The van der Waals surface area contributed by atoms with Crippen LogP contribution in [-0.4, -0.2) is 25.0 Å². The molecule has 0 aromatic heterocycles. The summed E-state index contributed by atoms with van der Waals surface area (Å²) in [4.78, 5) is 23.4. The zero-order valence-electron chi connectivity index (χ0n) is 10.5. The zero-order chi connectivity index (χ0) is 14.6. The third-order valence-corrected chi connectivity index (χ3v) is 3.32. The second kappa shape index (κ2) is 7.02. The van der Waals surface area contributed by atoms with E-state index in [4.69, 9.17) is 10.5 Å². The molecule has 3 N–H and O–H groups in total. The maximum atomic E-state index is 11.7. The van der Waals surface area contributed by atoms with Crippen LogP contribution in [-0.2, 0) is 9.53 Å². The highest BCUT2D eigenvalue weighted by molar-refractivity contribution is 9.11. The number of nitrogens with one attached hydrogen (secondary N) is 1. The Morgan fingerprint density at radius 2 is 2.05 bits per heavy atom. The highest BCUT2D eigenvalue weighted by atomic mass is 79.9. The molecule has 0 heterocycles. The minimum atomic E-state index is -0.530. The van der Waals surface area contributed by atoms with Crippen LogP contribution in [0.5, 0.6) is 0 Å². The molecule has 0 bridgehead atoms. The first-order chi connectivity index (χ1) is 8.85. The molecule has 1 rings (SSSR count). The maximum absolute atomic E-state index is 11.7. The molecule has 0 radical (unpaired) electrons. The van der Waals surface area contributed by atoms with Gasteiger partial charge in [-0.2, -0.15) is 0 Å². The van der Waals surface area contributed by atoms with Crippen molar-refractivity contribution in [1.82, 2.24) is 0 Å². The first-order valence-electron chi connectivity index (χ1n) is 5.48. The summed E-state index contributed by atoms with van der Waals surface area (Å²) in [5.41, 5.74) is 6.20. The third-order valence-electron chi connectivity index (χ3n) is 2.23. The SMILES string of the molecule is COC(=O)c1cc(Br)cc(Br)c1NC(=O)CC(C)N. The van der Waals surface area contributed by atoms with Gasteiger partial charge in [0.05, 0.1) is 18.4 Å². The van der Waals surface area contributed by atoms with Crippen molar-refractivity contribution in [1.29, 1.82) is 0 Å². The van der Waals surface area contributed by atoms with Crippen molar-refractivity contribution in [2.75, 3.05) is 12.4 Å². The highest BCUT2D eigenvalue weighted by Gasteiger charge is 2.18. The fraction of sp³-hybridized carbons (Fsp3) is 0.333. The van der Waals surface area contributed by atoms with Gasteiger partial charge in [-0.25, -0.2) is 4.79 Å². The van der Waals surface area contributed by atoms with E-state index in [-0.39, 0.29) is 23.9 Å². The zero-order valence-corrected chi connectivity index (χ0v) is 13.7. The van der Waals surface area contributed by atoms with Gasteiger partial charge in [-0.15, -0.1) is 0 Å². The second-order valence-corrected chi connectivity index (χ2v) is 5.80. The lowest BCUT2D eigenvalue weighted by Crippen LogP contribution is -2.25. The van der Waals surface area contributed by atoms with E-state index in [0.717, 1.165) is 0 Å². The quantitative estimate of drug-likeness (QED) is 0.770. The number of hydrogen-bond acceptors (Lipinski definition) is 4. The summed E-state index contributed by atoms with van der Waals surface area (Å²) in [6, 6.07) is 3.06. The Labute approximate surface area is 128 Å². The third kappa shape index (κ3) is 4.59. The van der Waals surface area contributed by atoms with Crippen LogP contribution in [0, 0.1) is 0 Å².